The highest BCUT2D eigenvalue weighted by atomic mass is 31.2. The van der Waals surface area contributed by atoms with E-state index in [1.807, 2.05) is 21.1 Å². The summed E-state index contributed by atoms with van der Waals surface area (Å²) in [5.74, 6) is -1.69. The van der Waals surface area contributed by atoms with Gasteiger partial charge in [-0.05, 0) is 18.6 Å². The standard InChI is InChI=1S/C31H56NO10P/c1-5-6-7-8-9-10-11-12-13-14-15-16-17-20-30(35)39-26-29(42-31(36)22-21-28(34)19-18-24-33)27-41-43(37,38)40-25-23-32(2,3)4/h18-19,24,29H,5-17,20-23,25-27H2,1-4H3/p+1/b19-18+. The van der Waals surface area contributed by atoms with E-state index in [-0.39, 0.29) is 32.5 Å². The van der Waals surface area contributed by atoms with Crippen LogP contribution in [0.5, 0.6) is 0 Å². The van der Waals surface area contributed by atoms with E-state index in [1.54, 1.807) is 0 Å². The Morgan fingerprint density at radius 1 is 0.767 bits per heavy atom. The Bertz CT molecular complexity index is 856. The van der Waals surface area contributed by atoms with Crippen molar-refractivity contribution in [2.24, 2.45) is 0 Å². The van der Waals surface area contributed by atoms with E-state index in [4.69, 9.17) is 18.5 Å². The second kappa shape index (κ2) is 25.4. The molecule has 2 unspecified atom stereocenters. The third-order valence-corrected chi connectivity index (χ3v) is 7.57. The van der Waals surface area contributed by atoms with Gasteiger partial charge in [-0.25, -0.2) is 4.57 Å². The number of quaternary nitrogens is 1. The van der Waals surface area contributed by atoms with Crippen molar-refractivity contribution in [2.75, 3.05) is 47.5 Å². The quantitative estimate of drug-likeness (QED) is 0.0265. The number of rotatable bonds is 29. The zero-order valence-electron chi connectivity index (χ0n) is 27.0. The zero-order chi connectivity index (χ0) is 32.4. The maximum absolute atomic E-state index is 12.3. The molecule has 0 aromatic carbocycles. The third kappa shape index (κ3) is 28.6. The number of phosphoric acid groups is 1. The maximum Gasteiger partial charge on any atom is 0.472 e. The summed E-state index contributed by atoms with van der Waals surface area (Å²) in [5.41, 5.74) is 0. The number of ketones is 1. The average Bonchev–Trinajstić information content (AvgIpc) is 2.93. The van der Waals surface area contributed by atoms with Crippen molar-refractivity contribution in [3.05, 3.63) is 12.2 Å². The molecule has 0 bridgehead atoms. The molecule has 0 rings (SSSR count). The summed E-state index contributed by atoms with van der Waals surface area (Å²) >= 11 is 0. The second-order valence-electron chi connectivity index (χ2n) is 11.9. The number of carbonyl (C=O) groups excluding carboxylic acids is 4. The van der Waals surface area contributed by atoms with Gasteiger partial charge in [-0.2, -0.15) is 0 Å². The van der Waals surface area contributed by atoms with Gasteiger partial charge in [0.05, 0.1) is 34.2 Å². The van der Waals surface area contributed by atoms with Gasteiger partial charge in [0.15, 0.2) is 11.9 Å². The van der Waals surface area contributed by atoms with Gasteiger partial charge in [0.1, 0.15) is 26.0 Å². The molecule has 43 heavy (non-hydrogen) atoms. The number of likely N-dealkylation sites (N-methyl/N-ethyl adjacent to an activating group) is 1. The molecule has 0 aliphatic rings. The topological polar surface area (TPSA) is 142 Å². The Kier molecular flexibility index (Phi) is 24.3. The molecular formula is C31H57NO10P+. The van der Waals surface area contributed by atoms with Crippen LogP contribution in [0.15, 0.2) is 12.2 Å². The predicted molar refractivity (Wildman–Crippen MR) is 165 cm³/mol. The van der Waals surface area contributed by atoms with Gasteiger partial charge in [-0.3, -0.25) is 28.2 Å². The fourth-order valence-electron chi connectivity index (χ4n) is 4.01. The highest BCUT2D eigenvalue weighted by molar-refractivity contribution is 7.47. The van der Waals surface area contributed by atoms with Crippen LogP contribution in [0.1, 0.15) is 110 Å². The van der Waals surface area contributed by atoms with E-state index in [0.717, 1.165) is 31.4 Å². The normalized spacial score (nSPS) is 13.9. The third-order valence-electron chi connectivity index (χ3n) is 6.59. The summed E-state index contributed by atoms with van der Waals surface area (Å²) in [7, 11) is 1.24. The first-order valence-electron chi connectivity index (χ1n) is 15.8. The molecule has 0 fully saturated rings. The molecule has 0 aliphatic heterocycles. The lowest BCUT2D eigenvalue weighted by Gasteiger charge is -2.24. The second-order valence-corrected chi connectivity index (χ2v) is 13.3. The maximum atomic E-state index is 12.3. The number of hydrogen-bond acceptors (Lipinski definition) is 9. The molecule has 0 saturated heterocycles. The number of aldehydes is 1. The lowest BCUT2D eigenvalue weighted by atomic mass is 10.0. The van der Waals surface area contributed by atoms with Crippen LogP contribution < -0.4 is 0 Å². The molecule has 1 N–H and O–H groups in total. The molecule has 2 atom stereocenters. The highest BCUT2D eigenvalue weighted by Gasteiger charge is 2.27. The van der Waals surface area contributed by atoms with E-state index in [0.29, 0.717) is 23.7 Å². The first-order chi connectivity index (χ1) is 20.4. The molecule has 250 valence electrons. The van der Waals surface area contributed by atoms with Crippen molar-refractivity contribution < 1.29 is 51.6 Å². The van der Waals surface area contributed by atoms with Gasteiger partial charge in [0, 0.05) is 12.8 Å². The Morgan fingerprint density at radius 3 is 1.86 bits per heavy atom. The van der Waals surface area contributed by atoms with E-state index >= 15 is 0 Å². The van der Waals surface area contributed by atoms with Crippen molar-refractivity contribution >= 4 is 31.8 Å². The van der Waals surface area contributed by atoms with Gasteiger partial charge >= 0.3 is 19.8 Å². The fraction of sp³-hybridized carbons (Fsp3) is 0.806. The summed E-state index contributed by atoms with van der Waals surface area (Å²) in [6.45, 7) is 1.73. The number of carbonyl (C=O) groups is 4. The van der Waals surface area contributed by atoms with Crippen LogP contribution in [0.2, 0.25) is 0 Å². The van der Waals surface area contributed by atoms with Crippen molar-refractivity contribution in [1.82, 2.24) is 0 Å². The lowest BCUT2D eigenvalue weighted by Crippen LogP contribution is -2.37. The molecule has 0 aromatic rings. The van der Waals surface area contributed by atoms with E-state index in [2.05, 4.69) is 6.92 Å². The molecule has 0 aliphatic carbocycles. The summed E-state index contributed by atoms with van der Waals surface area (Å²) in [6.07, 6.45) is 16.6. The van der Waals surface area contributed by atoms with Crippen LogP contribution in [-0.4, -0.2) is 87.0 Å². The largest absolute Gasteiger partial charge is 0.472 e. The summed E-state index contributed by atoms with van der Waals surface area (Å²) in [5, 5.41) is 0. The van der Waals surface area contributed by atoms with Crippen LogP contribution in [0.4, 0.5) is 0 Å². The Labute approximate surface area is 258 Å². The molecule has 0 aromatic heterocycles. The SMILES string of the molecule is CCCCCCCCCCCCCCCC(=O)OCC(COP(=O)(O)OCC[N+](C)(C)C)OC(=O)CCC(=O)/C=C/C=O. The number of ether oxygens (including phenoxy) is 2. The van der Waals surface area contributed by atoms with E-state index < -0.39 is 38.3 Å². The van der Waals surface area contributed by atoms with Crippen molar-refractivity contribution in [3.8, 4) is 0 Å². The van der Waals surface area contributed by atoms with Gasteiger partial charge < -0.3 is 18.9 Å². The number of phosphoric ester groups is 1. The molecule has 0 saturated carbocycles. The monoisotopic (exact) mass is 634 g/mol. The Balaban J connectivity index is 4.48. The highest BCUT2D eigenvalue weighted by Crippen LogP contribution is 2.43. The summed E-state index contributed by atoms with van der Waals surface area (Å²) in [4.78, 5) is 56.5. The van der Waals surface area contributed by atoms with Crippen molar-refractivity contribution in [3.63, 3.8) is 0 Å². The van der Waals surface area contributed by atoms with Gasteiger partial charge in [0.25, 0.3) is 0 Å². The molecule has 0 heterocycles. The van der Waals surface area contributed by atoms with Crippen LogP contribution in [0.25, 0.3) is 0 Å². The van der Waals surface area contributed by atoms with E-state index in [9.17, 15) is 28.6 Å². The molecule has 0 amide bonds. The van der Waals surface area contributed by atoms with Crippen LogP contribution in [-0.2, 0) is 42.3 Å². The smallest absolute Gasteiger partial charge is 0.462 e. The predicted octanol–water partition coefficient (Wildman–Crippen LogP) is 5.87. The number of esters is 2. The first-order valence-corrected chi connectivity index (χ1v) is 17.3. The first kappa shape index (κ1) is 41.1. The minimum Gasteiger partial charge on any atom is -0.462 e. The number of unbranched alkanes of at least 4 members (excludes halogenated alkanes) is 12. The number of hydrogen-bond donors (Lipinski definition) is 1. The lowest BCUT2D eigenvalue weighted by molar-refractivity contribution is -0.870. The minimum absolute atomic E-state index is 0.0355. The molecule has 12 heteroatoms. The Morgan fingerprint density at radius 2 is 1.33 bits per heavy atom. The van der Waals surface area contributed by atoms with Crippen LogP contribution >= 0.6 is 7.82 Å². The number of allylic oxidation sites excluding steroid dienone is 2. The molecular weight excluding hydrogens is 577 g/mol. The molecule has 0 spiro atoms. The van der Waals surface area contributed by atoms with E-state index in [1.165, 1.54) is 57.8 Å². The van der Waals surface area contributed by atoms with Gasteiger partial charge in [0.2, 0.25) is 0 Å². The zero-order valence-corrected chi connectivity index (χ0v) is 27.9. The van der Waals surface area contributed by atoms with Crippen LogP contribution in [0.3, 0.4) is 0 Å². The van der Waals surface area contributed by atoms with Crippen molar-refractivity contribution in [2.45, 2.75) is 116 Å². The van der Waals surface area contributed by atoms with Crippen molar-refractivity contribution in [1.29, 1.82) is 0 Å². The number of nitrogens with zero attached hydrogens (tertiary/aromatic N) is 1. The summed E-state index contributed by atoms with van der Waals surface area (Å²) in [6, 6.07) is 0. The minimum atomic E-state index is -4.45. The molecule has 11 nitrogen and oxygen atoms in total. The fourth-order valence-corrected chi connectivity index (χ4v) is 4.75. The van der Waals surface area contributed by atoms with Gasteiger partial charge in [-0.1, -0.05) is 84.0 Å². The Hall–Kier alpha value is -1.91. The average molecular weight is 635 g/mol. The molecule has 0 radical (unpaired) electrons. The van der Waals surface area contributed by atoms with Gasteiger partial charge in [-0.15, -0.1) is 0 Å². The van der Waals surface area contributed by atoms with Crippen LogP contribution in [0, 0.1) is 0 Å². The summed E-state index contributed by atoms with van der Waals surface area (Å²) < 4.78 is 33.3.